The molecule has 3 aliphatic carbocycles. The topological polar surface area (TPSA) is 68.6 Å². The van der Waals surface area contributed by atoms with Crippen LogP contribution in [0.15, 0.2) is 36.7 Å². The molecule has 2 unspecified atom stereocenters. The second kappa shape index (κ2) is 6.19. The molecule has 0 radical (unpaired) electrons. The number of fused-ring (bicyclic) bond motifs is 3. The Morgan fingerprint density at radius 1 is 1.19 bits per heavy atom. The van der Waals surface area contributed by atoms with E-state index in [1.165, 1.54) is 48.8 Å². The lowest BCUT2D eigenvalue weighted by atomic mass is 9.99. The number of pyridine rings is 1. The van der Waals surface area contributed by atoms with Crippen LogP contribution in [0.2, 0.25) is 0 Å². The standard InChI is InChI=1S/C25H25N5O/c1-31-21-11-20-24(27-23(21)19-9-3-6-15-5-2-8-18(15)19)22(29-28-20)16-13-26-30(14-16)25-10-4-7-17(25)12-25/h3,6,9,11,13-14,17H,2,4-5,7-8,10,12H2,1H3,(H,28,29). The average molecular weight is 412 g/mol. The third-order valence-corrected chi connectivity index (χ3v) is 7.80. The van der Waals surface area contributed by atoms with Crippen LogP contribution in [0.3, 0.4) is 0 Å². The Labute approximate surface area is 180 Å². The quantitative estimate of drug-likeness (QED) is 0.519. The predicted molar refractivity (Wildman–Crippen MR) is 119 cm³/mol. The molecule has 2 fully saturated rings. The van der Waals surface area contributed by atoms with E-state index in [1.54, 1.807) is 7.11 Å². The summed E-state index contributed by atoms with van der Waals surface area (Å²) in [6.07, 6.45) is 12.7. The number of benzene rings is 1. The van der Waals surface area contributed by atoms with Crippen molar-refractivity contribution >= 4 is 11.0 Å². The Bertz CT molecular complexity index is 1340. The molecule has 1 N–H and O–H groups in total. The van der Waals surface area contributed by atoms with Crippen LogP contribution < -0.4 is 4.74 Å². The van der Waals surface area contributed by atoms with Crippen LogP contribution in [0.1, 0.15) is 43.2 Å². The first-order valence-corrected chi connectivity index (χ1v) is 11.4. The third kappa shape index (κ3) is 2.42. The Hall–Kier alpha value is -3.15. The van der Waals surface area contributed by atoms with Gasteiger partial charge >= 0.3 is 0 Å². The zero-order chi connectivity index (χ0) is 20.6. The van der Waals surface area contributed by atoms with Gasteiger partial charge in [0.15, 0.2) is 0 Å². The molecule has 0 amide bonds. The molecule has 4 aromatic rings. The van der Waals surface area contributed by atoms with Crippen LogP contribution in [-0.2, 0) is 18.4 Å². The highest BCUT2D eigenvalue weighted by atomic mass is 16.5. The van der Waals surface area contributed by atoms with Gasteiger partial charge in [-0.1, -0.05) is 24.6 Å². The number of rotatable bonds is 4. The largest absolute Gasteiger partial charge is 0.494 e. The van der Waals surface area contributed by atoms with E-state index >= 15 is 0 Å². The van der Waals surface area contributed by atoms with E-state index in [2.05, 4.69) is 39.3 Å². The molecule has 2 atom stereocenters. The number of hydrogen-bond acceptors (Lipinski definition) is 4. The van der Waals surface area contributed by atoms with E-state index in [0.29, 0.717) is 0 Å². The van der Waals surface area contributed by atoms with Gasteiger partial charge in [-0.05, 0) is 55.6 Å². The van der Waals surface area contributed by atoms with Crippen molar-refractivity contribution in [3.05, 3.63) is 47.8 Å². The maximum atomic E-state index is 5.75. The van der Waals surface area contributed by atoms with E-state index in [9.17, 15) is 0 Å². The van der Waals surface area contributed by atoms with Gasteiger partial charge in [0.1, 0.15) is 22.7 Å². The van der Waals surface area contributed by atoms with Gasteiger partial charge in [-0.25, -0.2) is 4.98 Å². The van der Waals surface area contributed by atoms with Crippen molar-refractivity contribution in [1.82, 2.24) is 25.0 Å². The molecule has 31 heavy (non-hydrogen) atoms. The zero-order valence-electron chi connectivity index (χ0n) is 17.7. The molecule has 0 spiro atoms. The molecule has 3 heterocycles. The van der Waals surface area contributed by atoms with E-state index in [4.69, 9.17) is 14.8 Å². The van der Waals surface area contributed by atoms with Gasteiger partial charge in [0.25, 0.3) is 0 Å². The van der Waals surface area contributed by atoms with E-state index in [-0.39, 0.29) is 5.54 Å². The predicted octanol–water partition coefficient (Wildman–Crippen LogP) is 4.88. The first kappa shape index (κ1) is 17.5. The summed E-state index contributed by atoms with van der Waals surface area (Å²) in [4.78, 5) is 5.11. The fourth-order valence-electron chi connectivity index (χ4n) is 6.10. The van der Waals surface area contributed by atoms with Crippen molar-refractivity contribution in [3.63, 3.8) is 0 Å². The first-order valence-electron chi connectivity index (χ1n) is 11.4. The summed E-state index contributed by atoms with van der Waals surface area (Å²) in [6, 6.07) is 8.57. The monoisotopic (exact) mass is 411 g/mol. The molecule has 0 aliphatic heterocycles. The average Bonchev–Trinajstić information content (AvgIpc) is 3.38. The van der Waals surface area contributed by atoms with Crippen LogP contribution >= 0.6 is 0 Å². The minimum Gasteiger partial charge on any atom is -0.494 e. The number of ether oxygens (including phenoxy) is 1. The molecule has 6 nitrogen and oxygen atoms in total. The van der Waals surface area contributed by atoms with Crippen LogP contribution in [0, 0.1) is 5.92 Å². The van der Waals surface area contributed by atoms with Crippen molar-refractivity contribution in [1.29, 1.82) is 0 Å². The fourth-order valence-corrected chi connectivity index (χ4v) is 6.10. The lowest BCUT2D eigenvalue weighted by Crippen LogP contribution is -2.16. The van der Waals surface area contributed by atoms with Crippen LogP contribution in [0.25, 0.3) is 33.5 Å². The van der Waals surface area contributed by atoms with Gasteiger partial charge in [0.2, 0.25) is 0 Å². The second-order valence-electron chi connectivity index (χ2n) is 9.37. The molecule has 0 saturated heterocycles. The normalized spacial score (nSPS) is 23.8. The minimum atomic E-state index is 0.275. The Balaban J connectivity index is 1.37. The van der Waals surface area contributed by atoms with Crippen molar-refractivity contribution in [2.45, 2.75) is 50.5 Å². The Kier molecular flexibility index (Phi) is 3.50. The summed E-state index contributed by atoms with van der Waals surface area (Å²) in [6.45, 7) is 0. The number of nitrogens with one attached hydrogen (secondary N) is 1. The number of nitrogens with zero attached hydrogens (tertiary/aromatic N) is 4. The van der Waals surface area contributed by atoms with Crippen LogP contribution in [0.4, 0.5) is 0 Å². The van der Waals surface area contributed by atoms with Gasteiger partial charge in [-0.2, -0.15) is 10.2 Å². The van der Waals surface area contributed by atoms with E-state index < -0.39 is 0 Å². The molecular formula is C25H25N5O. The highest BCUT2D eigenvalue weighted by Gasteiger charge is 2.59. The number of aromatic nitrogens is 5. The Morgan fingerprint density at radius 3 is 3.00 bits per heavy atom. The smallest absolute Gasteiger partial charge is 0.147 e. The number of aromatic amines is 1. The summed E-state index contributed by atoms with van der Waals surface area (Å²) in [5.74, 6) is 1.59. The molecule has 0 bridgehead atoms. The maximum Gasteiger partial charge on any atom is 0.147 e. The molecule has 3 aliphatic rings. The van der Waals surface area contributed by atoms with E-state index in [0.717, 1.165) is 52.5 Å². The van der Waals surface area contributed by atoms with Gasteiger partial charge in [0.05, 0.1) is 24.4 Å². The molecule has 7 rings (SSSR count). The van der Waals surface area contributed by atoms with Gasteiger partial charge in [-0.3, -0.25) is 9.78 Å². The number of hydrogen-bond donors (Lipinski definition) is 1. The summed E-state index contributed by atoms with van der Waals surface area (Å²) in [5.41, 5.74) is 8.86. The van der Waals surface area contributed by atoms with Crippen LogP contribution in [0.5, 0.6) is 5.75 Å². The highest BCUT2D eigenvalue weighted by molar-refractivity contribution is 5.92. The first-order chi connectivity index (χ1) is 15.3. The summed E-state index contributed by atoms with van der Waals surface area (Å²) < 4.78 is 7.95. The van der Waals surface area contributed by atoms with Crippen molar-refractivity contribution < 1.29 is 4.74 Å². The van der Waals surface area contributed by atoms with Gasteiger partial charge in [0, 0.05) is 23.4 Å². The lowest BCUT2D eigenvalue weighted by molar-refractivity contribution is 0.415. The molecule has 156 valence electrons. The zero-order valence-corrected chi connectivity index (χ0v) is 17.7. The third-order valence-electron chi connectivity index (χ3n) is 7.80. The number of H-pyrrole nitrogens is 1. The molecule has 6 heteroatoms. The van der Waals surface area contributed by atoms with Gasteiger partial charge < -0.3 is 4.74 Å². The Morgan fingerprint density at radius 2 is 2.16 bits per heavy atom. The molecule has 2 saturated carbocycles. The summed E-state index contributed by atoms with van der Waals surface area (Å²) in [5, 5.41) is 12.5. The lowest BCUT2D eigenvalue weighted by Gasteiger charge is -2.12. The summed E-state index contributed by atoms with van der Waals surface area (Å²) in [7, 11) is 1.71. The number of aryl methyl sites for hydroxylation is 1. The molecular weight excluding hydrogens is 386 g/mol. The van der Waals surface area contributed by atoms with Crippen molar-refractivity contribution in [3.8, 4) is 28.3 Å². The minimum absolute atomic E-state index is 0.275. The number of methoxy groups -OCH3 is 1. The SMILES string of the molecule is COc1cc2[nH]nc(-c3cnn(C45CCCC4C5)c3)c2nc1-c1cccc2c1CCC2. The van der Waals surface area contributed by atoms with Crippen LogP contribution in [-0.4, -0.2) is 32.1 Å². The maximum absolute atomic E-state index is 5.75. The molecule has 3 aromatic heterocycles. The highest BCUT2D eigenvalue weighted by Crippen LogP contribution is 2.61. The second-order valence-corrected chi connectivity index (χ2v) is 9.37. The summed E-state index contributed by atoms with van der Waals surface area (Å²) >= 11 is 0. The van der Waals surface area contributed by atoms with Gasteiger partial charge in [-0.15, -0.1) is 0 Å². The fraction of sp³-hybridized carbons (Fsp3) is 0.400. The van der Waals surface area contributed by atoms with E-state index in [1.807, 2.05) is 12.3 Å². The van der Waals surface area contributed by atoms with Crippen molar-refractivity contribution in [2.75, 3.05) is 7.11 Å². The van der Waals surface area contributed by atoms with Crippen molar-refractivity contribution in [2.24, 2.45) is 5.92 Å². The molecule has 1 aromatic carbocycles.